The van der Waals surface area contributed by atoms with Crippen LogP contribution in [-0.2, 0) is 6.54 Å². The summed E-state index contributed by atoms with van der Waals surface area (Å²) in [4.78, 5) is 16.8. The molecule has 0 saturated heterocycles. The average molecular weight is 379 g/mol. The summed E-state index contributed by atoms with van der Waals surface area (Å²) >= 11 is 0. The van der Waals surface area contributed by atoms with Gasteiger partial charge >= 0.3 is 0 Å². The van der Waals surface area contributed by atoms with Gasteiger partial charge in [0, 0.05) is 30.1 Å². The van der Waals surface area contributed by atoms with E-state index in [0.717, 1.165) is 5.56 Å². The normalized spacial score (nSPS) is 12.3. The number of rotatable bonds is 5. The van der Waals surface area contributed by atoms with Gasteiger partial charge in [-0.1, -0.05) is 12.1 Å². The molecular weight excluding hydrogens is 361 g/mol. The van der Waals surface area contributed by atoms with Gasteiger partial charge in [-0.2, -0.15) is 0 Å². The van der Waals surface area contributed by atoms with E-state index in [-0.39, 0.29) is 11.7 Å². The first kappa shape index (κ1) is 17.8. The van der Waals surface area contributed by atoms with Crippen molar-refractivity contribution in [2.24, 2.45) is 0 Å². The van der Waals surface area contributed by atoms with Crippen LogP contribution in [-0.4, -0.2) is 24.1 Å². The van der Waals surface area contributed by atoms with Gasteiger partial charge in [0.15, 0.2) is 11.5 Å². The molecular formula is C21H18FN3O3. The van der Waals surface area contributed by atoms with Crippen molar-refractivity contribution in [2.75, 3.05) is 23.8 Å². The Labute approximate surface area is 161 Å². The van der Waals surface area contributed by atoms with Crippen molar-refractivity contribution in [3.8, 4) is 11.5 Å². The fourth-order valence-corrected chi connectivity index (χ4v) is 2.79. The lowest BCUT2D eigenvalue weighted by Gasteiger charge is -2.19. The van der Waals surface area contributed by atoms with Crippen molar-refractivity contribution in [3.05, 3.63) is 77.7 Å². The molecule has 1 amide bonds. The number of halogens is 1. The third-order valence-corrected chi connectivity index (χ3v) is 4.21. The van der Waals surface area contributed by atoms with Gasteiger partial charge in [0.1, 0.15) is 24.8 Å². The topological polar surface area (TPSA) is 72.5 Å². The maximum atomic E-state index is 13.0. The number of ether oxygens (including phenoxy) is 2. The van der Waals surface area contributed by atoms with Crippen molar-refractivity contribution in [1.29, 1.82) is 0 Å². The number of nitrogens with one attached hydrogen (secondary N) is 2. The molecule has 2 N–H and O–H groups in total. The highest BCUT2D eigenvalue weighted by Gasteiger charge is 2.14. The van der Waals surface area contributed by atoms with Crippen LogP contribution in [0.15, 0.2) is 60.8 Å². The minimum Gasteiger partial charge on any atom is -0.486 e. The Morgan fingerprint density at radius 3 is 2.61 bits per heavy atom. The van der Waals surface area contributed by atoms with Crippen LogP contribution in [0.5, 0.6) is 11.5 Å². The van der Waals surface area contributed by atoms with Gasteiger partial charge in [0.2, 0.25) is 0 Å². The molecule has 0 spiro atoms. The zero-order chi connectivity index (χ0) is 19.3. The lowest BCUT2D eigenvalue weighted by atomic mass is 10.2. The first-order valence-corrected chi connectivity index (χ1v) is 8.83. The highest BCUT2D eigenvalue weighted by molar-refractivity contribution is 6.04. The van der Waals surface area contributed by atoms with Gasteiger partial charge in [-0.05, 0) is 42.0 Å². The molecule has 0 atom stereocenters. The van der Waals surface area contributed by atoms with E-state index in [1.165, 1.54) is 12.1 Å². The Kier molecular flexibility index (Phi) is 5.05. The van der Waals surface area contributed by atoms with Crippen LogP contribution in [0.25, 0.3) is 0 Å². The third-order valence-electron chi connectivity index (χ3n) is 4.21. The summed E-state index contributed by atoms with van der Waals surface area (Å²) in [6.45, 7) is 1.47. The van der Waals surface area contributed by atoms with Crippen molar-refractivity contribution < 1.29 is 18.7 Å². The summed E-state index contributed by atoms with van der Waals surface area (Å²) in [6.07, 6.45) is 1.56. The average Bonchev–Trinajstić information content (AvgIpc) is 2.73. The predicted molar refractivity (Wildman–Crippen MR) is 103 cm³/mol. The molecule has 142 valence electrons. The Balaban J connectivity index is 1.42. The second-order valence-corrected chi connectivity index (χ2v) is 6.22. The fraction of sp³-hybridized carbons (Fsp3) is 0.143. The molecule has 28 heavy (non-hydrogen) atoms. The number of aromatic nitrogens is 1. The van der Waals surface area contributed by atoms with E-state index in [1.54, 1.807) is 48.7 Å². The van der Waals surface area contributed by atoms with Gasteiger partial charge in [-0.15, -0.1) is 0 Å². The van der Waals surface area contributed by atoms with E-state index in [0.29, 0.717) is 48.3 Å². The molecule has 4 rings (SSSR count). The molecule has 7 heteroatoms. The van der Waals surface area contributed by atoms with E-state index >= 15 is 0 Å². The molecule has 2 aromatic carbocycles. The van der Waals surface area contributed by atoms with Crippen LogP contribution in [0.2, 0.25) is 0 Å². The number of pyridine rings is 1. The summed E-state index contributed by atoms with van der Waals surface area (Å²) in [6, 6.07) is 14.8. The van der Waals surface area contributed by atoms with E-state index in [2.05, 4.69) is 15.6 Å². The molecule has 0 aliphatic carbocycles. The number of amides is 1. The van der Waals surface area contributed by atoms with Gasteiger partial charge in [-0.25, -0.2) is 9.37 Å². The maximum absolute atomic E-state index is 13.0. The molecule has 0 radical (unpaired) electrons. The number of carbonyl (C=O) groups is 1. The predicted octanol–water partition coefficient (Wildman–Crippen LogP) is 3.86. The van der Waals surface area contributed by atoms with E-state index < -0.39 is 0 Å². The summed E-state index contributed by atoms with van der Waals surface area (Å²) in [7, 11) is 0. The van der Waals surface area contributed by atoms with Crippen LogP contribution >= 0.6 is 0 Å². The molecule has 0 bridgehead atoms. The summed E-state index contributed by atoms with van der Waals surface area (Å²) in [5.74, 6) is 1.30. The summed E-state index contributed by atoms with van der Waals surface area (Å²) in [5, 5.41) is 5.97. The fourth-order valence-electron chi connectivity index (χ4n) is 2.79. The van der Waals surface area contributed by atoms with Crippen LogP contribution in [0.4, 0.5) is 15.9 Å². The molecule has 0 unspecified atom stereocenters. The van der Waals surface area contributed by atoms with Crippen molar-refractivity contribution in [3.63, 3.8) is 0 Å². The second kappa shape index (κ2) is 7.96. The number of hydrogen-bond donors (Lipinski definition) is 2. The molecule has 3 aromatic rings. The molecule has 6 nitrogen and oxygen atoms in total. The third kappa shape index (κ3) is 4.20. The molecule has 1 aliphatic rings. The molecule has 1 aromatic heterocycles. The van der Waals surface area contributed by atoms with Gasteiger partial charge < -0.3 is 20.1 Å². The van der Waals surface area contributed by atoms with Crippen LogP contribution < -0.4 is 20.1 Å². The molecule has 0 fully saturated rings. The van der Waals surface area contributed by atoms with Gasteiger partial charge in [0.25, 0.3) is 5.91 Å². The number of hydrogen-bond acceptors (Lipinski definition) is 5. The second-order valence-electron chi connectivity index (χ2n) is 6.22. The lowest BCUT2D eigenvalue weighted by molar-refractivity contribution is 0.102. The van der Waals surface area contributed by atoms with Gasteiger partial charge in [-0.3, -0.25) is 4.79 Å². The maximum Gasteiger partial charge on any atom is 0.255 e. The number of benzene rings is 2. The zero-order valence-electron chi connectivity index (χ0n) is 14.9. The molecule has 0 saturated carbocycles. The lowest BCUT2D eigenvalue weighted by Crippen LogP contribution is -2.16. The van der Waals surface area contributed by atoms with Crippen LogP contribution in [0, 0.1) is 5.82 Å². The Morgan fingerprint density at radius 2 is 1.79 bits per heavy atom. The van der Waals surface area contributed by atoms with E-state index in [1.807, 2.05) is 0 Å². The number of nitrogens with zero attached hydrogens (tertiary/aromatic N) is 1. The van der Waals surface area contributed by atoms with E-state index in [4.69, 9.17) is 9.47 Å². The summed E-state index contributed by atoms with van der Waals surface area (Å²) in [5.41, 5.74) is 1.99. The highest BCUT2D eigenvalue weighted by Crippen LogP contribution is 2.32. The summed E-state index contributed by atoms with van der Waals surface area (Å²) < 4.78 is 24.0. The molecule has 1 aliphatic heterocycles. The quantitative estimate of drug-likeness (QED) is 0.704. The minimum absolute atomic E-state index is 0.260. The monoisotopic (exact) mass is 379 g/mol. The smallest absolute Gasteiger partial charge is 0.255 e. The van der Waals surface area contributed by atoms with Crippen LogP contribution in [0.1, 0.15) is 15.9 Å². The Bertz CT molecular complexity index is 992. The zero-order valence-corrected chi connectivity index (χ0v) is 14.9. The minimum atomic E-state index is -0.278. The Hall–Kier alpha value is -3.61. The molecule has 2 heterocycles. The van der Waals surface area contributed by atoms with Crippen molar-refractivity contribution in [2.45, 2.75) is 6.54 Å². The van der Waals surface area contributed by atoms with E-state index in [9.17, 15) is 9.18 Å². The van der Waals surface area contributed by atoms with Crippen LogP contribution in [0.3, 0.4) is 0 Å². The largest absolute Gasteiger partial charge is 0.486 e. The first-order valence-electron chi connectivity index (χ1n) is 8.83. The Morgan fingerprint density at radius 1 is 1.00 bits per heavy atom. The number of anilines is 2. The van der Waals surface area contributed by atoms with Gasteiger partial charge in [0.05, 0.1) is 0 Å². The highest BCUT2D eigenvalue weighted by atomic mass is 19.1. The number of carbonyl (C=O) groups excluding carboxylic acids is 1. The van der Waals surface area contributed by atoms with Crippen molar-refractivity contribution >= 4 is 17.4 Å². The SMILES string of the molecule is O=C(Nc1ccc2c(c1)OCCO2)c1ccnc(NCc2ccc(F)cc2)c1. The standard InChI is InChI=1S/C21H18FN3O3/c22-16-3-1-14(2-4-16)13-24-20-11-15(7-8-23-20)21(26)25-17-5-6-18-19(12-17)28-10-9-27-18/h1-8,11-12H,9-10,13H2,(H,23,24)(H,25,26). The first-order chi connectivity index (χ1) is 13.7. The number of fused-ring (bicyclic) bond motifs is 1. The van der Waals surface area contributed by atoms with Crippen molar-refractivity contribution in [1.82, 2.24) is 4.98 Å².